The highest BCUT2D eigenvalue weighted by Crippen LogP contribution is 2.63. The maximum absolute atomic E-state index is 12.7. The lowest BCUT2D eigenvalue weighted by molar-refractivity contribution is -0.194. The molecule has 8 bridgehead atoms. The van der Waals surface area contributed by atoms with Crippen LogP contribution in [-0.2, 0) is 9.53 Å². The van der Waals surface area contributed by atoms with Crippen molar-refractivity contribution in [3.05, 3.63) is 24.3 Å². The largest absolute Gasteiger partial charge is 0.461 e. The summed E-state index contributed by atoms with van der Waals surface area (Å²) in [7, 11) is 0. The van der Waals surface area contributed by atoms with Gasteiger partial charge in [-0.25, -0.2) is 0 Å². The summed E-state index contributed by atoms with van der Waals surface area (Å²) in [4.78, 5) is 12.7. The maximum atomic E-state index is 12.7. The van der Waals surface area contributed by atoms with Gasteiger partial charge in [0.1, 0.15) is 6.10 Å². The van der Waals surface area contributed by atoms with E-state index in [-0.39, 0.29) is 23.4 Å². The Balaban J connectivity index is 0.000000130. The molecule has 7 fully saturated rings. The molecule has 0 saturated heterocycles. The Morgan fingerprint density at radius 3 is 2.14 bits per heavy atom. The van der Waals surface area contributed by atoms with E-state index in [1.807, 2.05) is 0 Å². The Morgan fingerprint density at radius 2 is 1.59 bits per heavy atom. The average molecular weight is 505 g/mol. The van der Waals surface area contributed by atoms with Crippen molar-refractivity contribution in [3.63, 3.8) is 0 Å². The summed E-state index contributed by atoms with van der Waals surface area (Å²) in [6.07, 6.45) is 30.7. The van der Waals surface area contributed by atoms with Gasteiger partial charge in [-0.05, 0) is 129 Å². The predicted octanol–water partition coefficient (Wildman–Crippen LogP) is 8.91. The highest BCUT2D eigenvalue weighted by atomic mass is 16.5. The maximum Gasteiger partial charge on any atom is 0.309 e. The third-order valence-electron chi connectivity index (χ3n) is 13.6. The van der Waals surface area contributed by atoms with Crippen molar-refractivity contribution in [2.24, 2.45) is 63.6 Å². The Labute approximate surface area is 226 Å². The molecule has 9 aliphatic carbocycles. The first-order valence-electron chi connectivity index (χ1n) is 16.3. The minimum absolute atomic E-state index is 0.130. The topological polar surface area (TPSA) is 26.3 Å². The van der Waals surface area contributed by atoms with Gasteiger partial charge in [0.25, 0.3) is 0 Å². The second kappa shape index (κ2) is 8.99. The minimum atomic E-state index is 0.130. The van der Waals surface area contributed by atoms with Crippen molar-refractivity contribution >= 4 is 5.97 Å². The van der Waals surface area contributed by atoms with Crippen LogP contribution in [0.2, 0.25) is 0 Å². The van der Waals surface area contributed by atoms with E-state index >= 15 is 0 Å². The molecule has 0 N–H and O–H groups in total. The number of esters is 1. The third kappa shape index (κ3) is 4.12. The molecular weight excluding hydrogens is 452 g/mol. The number of allylic oxidation sites excluding steroid dienone is 4. The van der Waals surface area contributed by atoms with Gasteiger partial charge in [0.05, 0.1) is 5.92 Å². The standard InChI is InChI=1S/C19H26O2.C16H26/c1-19-9-12-4-13(10-19)7-15(6-12)17(19)21-18(20)16-8-11-2-3-14(16)5-11;1-15(2,14-6-4-3-5-7-14)16-10-8-13(12-16)9-11-16/h2-3,11-17H,4-10H2,1H3;8,10,13-14H,3-7,9,11-12H2,1-2H3. The van der Waals surface area contributed by atoms with Crippen LogP contribution in [0.1, 0.15) is 117 Å². The summed E-state index contributed by atoms with van der Waals surface area (Å²) in [5, 5.41) is 0. The van der Waals surface area contributed by atoms with Crippen LogP contribution < -0.4 is 0 Å². The van der Waals surface area contributed by atoms with Crippen LogP contribution in [-0.4, -0.2) is 12.1 Å². The molecule has 0 aromatic rings. The summed E-state index contributed by atoms with van der Waals surface area (Å²) in [5.74, 6) is 5.87. The number of hydrogen-bond acceptors (Lipinski definition) is 2. The van der Waals surface area contributed by atoms with Crippen LogP contribution in [0.5, 0.6) is 0 Å². The summed E-state index contributed by atoms with van der Waals surface area (Å²) in [6, 6.07) is 0. The zero-order chi connectivity index (χ0) is 25.4. The van der Waals surface area contributed by atoms with Gasteiger partial charge in [-0.1, -0.05) is 64.3 Å². The fraction of sp³-hybridized carbons (Fsp3) is 0.857. The first kappa shape index (κ1) is 25.0. The second-order valence-corrected chi connectivity index (χ2v) is 16.1. The van der Waals surface area contributed by atoms with Crippen LogP contribution in [0.25, 0.3) is 0 Å². The summed E-state index contributed by atoms with van der Waals surface area (Å²) >= 11 is 0. The molecule has 2 heteroatoms. The molecule has 0 spiro atoms. The van der Waals surface area contributed by atoms with E-state index < -0.39 is 0 Å². The summed E-state index contributed by atoms with van der Waals surface area (Å²) in [6.45, 7) is 7.54. The van der Waals surface area contributed by atoms with Gasteiger partial charge in [0.15, 0.2) is 0 Å². The van der Waals surface area contributed by atoms with Gasteiger partial charge >= 0.3 is 5.97 Å². The molecule has 37 heavy (non-hydrogen) atoms. The quantitative estimate of drug-likeness (QED) is 0.282. The van der Waals surface area contributed by atoms with Gasteiger partial charge < -0.3 is 4.74 Å². The van der Waals surface area contributed by atoms with Crippen molar-refractivity contribution < 1.29 is 9.53 Å². The third-order valence-corrected chi connectivity index (χ3v) is 13.6. The van der Waals surface area contributed by atoms with Gasteiger partial charge in [0, 0.05) is 5.41 Å². The van der Waals surface area contributed by atoms with E-state index in [4.69, 9.17) is 4.74 Å². The van der Waals surface area contributed by atoms with Crippen molar-refractivity contribution in [2.45, 2.75) is 123 Å². The van der Waals surface area contributed by atoms with Crippen LogP contribution in [0.4, 0.5) is 0 Å². The Hall–Kier alpha value is -1.05. The number of carbonyl (C=O) groups is 1. The lowest BCUT2D eigenvalue weighted by atomic mass is 9.49. The Morgan fingerprint density at radius 1 is 0.838 bits per heavy atom. The van der Waals surface area contributed by atoms with Crippen molar-refractivity contribution in [2.75, 3.05) is 0 Å². The van der Waals surface area contributed by atoms with E-state index in [9.17, 15) is 4.79 Å². The Bertz CT molecular complexity index is 938. The molecule has 2 nitrogen and oxygen atoms in total. The van der Waals surface area contributed by atoms with E-state index in [2.05, 4.69) is 45.1 Å². The molecule has 8 unspecified atom stereocenters. The van der Waals surface area contributed by atoms with Crippen LogP contribution in [0.15, 0.2) is 24.3 Å². The molecule has 204 valence electrons. The normalized spacial score (nSPS) is 48.9. The molecule has 0 aromatic carbocycles. The molecule has 7 saturated carbocycles. The van der Waals surface area contributed by atoms with Gasteiger partial charge in [-0.15, -0.1) is 0 Å². The number of fused-ring (bicyclic) bond motifs is 4. The zero-order valence-corrected chi connectivity index (χ0v) is 23.9. The van der Waals surface area contributed by atoms with Gasteiger partial charge in [-0.3, -0.25) is 4.79 Å². The van der Waals surface area contributed by atoms with E-state index in [1.54, 1.807) is 0 Å². The molecule has 0 aliphatic heterocycles. The molecule has 8 atom stereocenters. The molecule has 0 amide bonds. The van der Waals surface area contributed by atoms with Crippen molar-refractivity contribution in [1.82, 2.24) is 0 Å². The molecule has 0 heterocycles. The fourth-order valence-corrected chi connectivity index (χ4v) is 11.7. The lowest BCUT2D eigenvalue weighted by Gasteiger charge is -2.59. The SMILES string of the molecule is CC(C)(C1CCCCC1)C12C=CC(CC1)C2.CC12CC3CC(CC(C3)C1OC(=O)C1CC3C=CC1C3)C2. The van der Waals surface area contributed by atoms with Crippen LogP contribution in [0.3, 0.4) is 0 Å². The minimum Gasteiger partial charge on any atom is -0.461 e. The van der Waals surface area contributed by atoms with Crippen molar-refractivity contribution in [3.8, 4) is 0 Å². The monoisotopic (exact) mass is 504 g/mol. The van der Waals surface area contributed by atoms with E-state index in [0.29, 0.717) is 28.6 Å². The zero-order valence-electron chi connectivity index (χ0n) is 23.9. The summed E-state index contributed by atoms with van der Waals surface area (Å²) < 4.78 is 6.19. The second-order valence-electron chi connectivity index (χ2n) is 16.1. The number of carbonyl (C=O) groups excluding carboxylic acids is 1. The number of rotatable bonds is 4. The molecule has 0 aromatic heterocycles. The average Bonchev–Trinajstić information content (AvgIpc) is 3.69. The van der Waals surface area contributed by atoms with Gasteiger partial charge in [-0.2, -0.15) is 0 Å². The highest BCUT2D eigenvalue weighted by Gasteiger charge is 2.57. The predicted molar refractivity (Wildman–Crippen MR) is 150 cm³/mol. The molecule has 0 radical (unpaired) electrons. The molecular formula is C35H52O2. The molecule has 9 aliphatic rings. The summed E-state index contributed by atoms with van der Waals surface area (Å²) in [5.41, 5.74) is 1.42. The van der Waals surface area contributed by atoms with Gasteiger partial charge in [0.2, 0.25) is 0 Å². The molecule has 9 rings (SSSR count). The van der Waals surface area contributed by atoms with Crippen molar-refractivity contribution in [1.29, 1.82) is 0 Å². The van der Waals surface area contributed by atoms with E-state index in [1.165, 1.54) is 89.9 Å². The first-order chi connectivity index (χ1) is 17.7. The fourth-order valence-electron chi connectivity index (χ4n) is 11.7. The highest BCUT2D eigenvalue weighted by molar-refractivity contribution is 5.74. The lowest BCUT2D eigenvalue weighted by Crippen LogP contribution is -2.56. The smallest absolute Gasteiger partial charge is 0.309 e. The van der Waals surface area contributed by atoms with Crippen LogP contribution in [0, 0.1) is 63.6 Å². The first-order valence-corrected chi connectivity index (χ1v) is 16.3. The Kier molecular flexibility index (Phi) is 6.06. The van der Waals surface area contributed by atoms with E-state index in [0.717, 1.165) is 30.1 Å². The van der Waals surface area contributed by atoms with Crippen LogP contribution >= 0.6 is 0 Å². The number of ether oxygens (including phenoxy) is 1. The number of hydrogen-bond donors (Lipinski definition) is 0.